The number of alkyl halides is 3. The van der Waals surface area contributed by atoms with Gasteiger partial charge >= 0.3 is 11.5 Å². The summed E-state index contributed by atoms with van der Waals surface area (Å²) in [6, 6.07) is 3.52. The second-order valence-corrected chi connectivity index (χ2v) is 4.42. The van der Waals surface area contributed by atoms with Crippen LogP contribution >= 0.6 is 11.8 Å². The van der Waals surface area contributed by atoms with Crippen molar-refractivity contribution in [2.24, 2.45) is 0 Å². The van der Waals surface area contributed by atoms with Gasteiger partial charge < -0.3 is 9.84 Å². The third kappa shape index (κ3) is 3.87. The van der Waals surface area contributed by atoms with Gasteiger partial charge in [0.25, 0.3) is 0 Å². The number of ether oxygens (including phenoxy) is 1. The van der Waals surface area contributed by atoms with Gasteiger partial charge in [0.1, 0.15) is 6.07 Å². The summed E-state index contributed by atoms with van der Waals surface area (Å²) in [7, 11) is 1.09. The molecule has 0 heterocycles. The molecule has 102 valence electrons. The van der Waals surface area contributed by atoms with Crippen LogP contribution in [0.5, 0.6) is 0 Å². The quantitative estimate of drug-likeness (QED) is 0.684. The van der Waals surface area contributed by atoms with Crippen LogP contribution in [-0.2, 0) is 11.3 Å². The number of nitriles is 1. The van der Waals surface area contributed by atoms with Crippen LogP contribution in [0.4, 0.5) is 13.2 Å². The third-order valence-electron chi connectivity index (χ3n) is 2.13. The van der Waals surface area contributed by atoms with E-state index in [4.69, 9.17) is 10.4 Å². The van der Waals surface area contributed by atoms with Gasteiger partial charge in [-0.2, -0.15) is 18.4 Å². The zero-order valence-electron chi connectivity index (χ0n) is 9.61. The fourth-order valence-electron chi connectivity index (χ4n) is 1.35. The van der Waals surface area contributed by atoms with Crippen LogP contribution in [0.1, 0.15) is 21.5 Å². The zero-order valence-corrected chi connectivity index (χ0v) is 10.4. The lowest BCUT2D eigenvalue weighted by molar-refractivity contribution is -0.0328. The topological polar surface area (TPSA) is 70.3 Å². The van der Waals surface area contributed by atoms with Crippen LogP contribution in [0.15, 0.2) is 17.0 Å². The van der Waals surface area contributed by atoms with E-state index in [1.807, 2.05) is 0 Å². The van der Waals surface area contributed by atoms with E-state index in [0.717, 1.165) is 19.2 Å². The fourth-order valence-corrected chi connectivity index (χ4v) is 2.01. The molecule has 0 bridgehead atoms. The molecule has 19 heavy (non-hydrogen) atoms. The molecule has 0 fully saturated rings. The molecule has 0 aliphatic carbocycles. The monoisotopic (exact) mass is 291 g/mol. The molecule has 0 aliphatic rings. The lowest BCUT2D eigenvalue weighted by Gasteiger charge is -2.11. The Hall–Kier alpha value is -1.72. The van der Waals surface area contributed by atoms with Crippen molar-refractivity contribution in [1.29, 1.82) is 5.26 Å². The summed E-state index contributed by atoms with van der Waals surface area (Å²) >= 11 is -0.476. The molecule has 0 amide bonds. The van der Waals surface area contributed by atoms with Gasteiger partial charge in [-0.1, -0.05) is 0 Å². The van der Waals surface area contributed by atoms with E-state index in [-0.39, 0.29) is 21.6 Å². The molecule has 1 aromatic carbocycles. The summed E-state index contributed by atoms with van der Waals surface area (Å²) in [6.07, 6.45) is 0. The van der Waals surface area contributed by atoms with Crippen LogP contribution in [0, 0.1) is 11.3 Å². The highest BCUT2D eigenvalue weighted by Crippen LogP contribution is 2.39. The maximum absolute atomic E-state index is 12.3. The van der Waals surface area contributed by atoms with Crippen LogP contribution in [0.25, 0.3) is 0 Å². The van der Waals surface area contributed by atoms with Crippen LogP contribution in [0.2, 0.25) is 0 Å². The number of nitrogens with zero attached hydrogens (tertiary/aromatic N) is 1. The third-order valence-corrected chi connectivity index (χ3v) is 2.92. The Labute approximate surface area is 110 Å². The molecule has 0 aromatic heterocycles. The zero-order chi connectivity index (χ0) is 14.6. The number of rotatable bonds is 3. The number of hydrogen-bond donors (Lipinski definition) is 1. The summed E-state index contributed by atoms with van der Waals surface area (Å²) in [6.45, 7) is -0.637. The van der Waals surface area contributed by atoms with Gasteiger partial charge in [0.15, 0.2) is 0 Å². The normalized spacial score (nSPS) is 10.9. The Balaban J connectivity index is 3.36. The van der Waals surface area contributed by atoms with Crippen molar-refractivity contribution in [3.05, 3.63) is 28.8 Å². The Bertz CT molecular complexity index is 537. The molecule has 0 saturated carbocycles. The minimum atomic E-state index is -4.56. The number of aliphatic hydroxyl groups excluding tert-OH is 1. The minimum absolute atomic E-state index is 0.0300. The predicted octanol–water partition coefficient (Wildman–Crippen LogP) is 2.45. The average molecular weight is 291 g/mol. The van der Waals surface area contributed by atoms with Crippen molar-refractivity contribution in [3.8, 4) is 6.07 Å². The molecule has 8 heteroatoms. The van der Waals surface area contributed by atoms with Crippen molar-refractivity contribution in [2.45, 2.75) is 17.0 Å². The maximum Gasteiger partial charge on any atom is 0.446 e. The van der Waals surface area contributed by atoms with Crippen LogP contribution in [0.3, 0.4) is 0 Å². The van der Waals surface area contributed by atoms with Gasteiger partial charge in [0.2, 0.25) is 0 Å². The number of carbonyl (C=O) groups is 1. The smallest absolute Gasteiger partial charge is 0.446 e. The van der Waals surface area contributed by atoms with Crippen molar-refractivity contribution >= 4 is 17.7 Å². The van der Waals surface area contributed by atoms with E-state index >= 15 is 0 Å². The van der Waals surface area contributed by atoms with Crippen LogP contribution < -0.4 is 0 Å². The molecule has 0 atom stereocenters. The van der Waals surface area contributed by atoms with Gasteiger partial charge in [0, 0.05) is 4.90 Å². The highest BCUT2D eigenvalue weighted by atomic mass is 32.2. The Kier molecular flexibility index (Phi) is 4.80. The Morgan fingerprint density at radius 3 is 2.58 bits per heavy atom. The second kappa shape index (κ2) is 5.95. The SMILES string of the molecule is COC(=O)c1cc(C#N)c(SC(F)(F)F)cc1CO. The highest BCUT2D eigenvalue weighted by Gasteiger charge is 2.31. The van der Waals surface area contributed by atoms with Gasteiger partial charge in [-0.3, -0.25) is 0 Å². The predicted molar refractivity (Wildman–Crippen MR) is 60.3 cm³/mol. The first kappa shape index (κ1) is 15.3. The van der Waals surface area contributed by atoms with Crippen molar-refractivity contribution in [3.63, 3.8) is 0 Å². The lowest BCUT2D eigenvalue weighted by Crippen LogP contribution is -2.08. The first-order chi connectivity index (χ1) is 8.82. The highest BCUT2D eigenvalue weighted by molar-refractivity contribution is 8.00. The summed E-state index contributed by atoms with van der Waals surface area (Å²) in [5.74, 6) is -0.830. The molecule has 0 spiro atoms. The number of hydrogen-bond acceptors (Lipinski definition) is 5. The summed E-state index contributed by atoms with van der Waals surface area (Å²) in [5, 5.41) is 17.9. The number of aliphatic hydroxyl groups is 1. The summed E-state index contributed by atoms with van der Waals surface area (Å²) < 4.78 is 41.4. The molecular formula is C11H8F3NO3S. The number of methoxy groups -OCH3 is 1. The number of benzene rings is 1. The van der Waals surface area contributed by atoms with E-state index in [1.165, 1.54) is 0 Å². The van der Waals surface area contributed by atoms with E-state index in [9.17, 15) is 18.0 Å². The fraction of sp³-hybridized carbons (Fsp3) is 0.273. The Morgan fingerprint density at radius 2 is 2.16 bits per heavy atom. The van der Waals surface area contributed by atoms with Crippen molar-refractivity contribution in [2.75, 3.05) is 7.11 Å². The first-order valence-electron chi connectivity index (χ1n) is 4.84. The van der Waals surface area contributed by atoms with Crippen LogP contribution in [-0.4, -0.2) is 23.7 Å². The van der Waals surface area contributed by atoms with E-state index < -0.39 is 29.8 Å². The summed E-state index contributed by atoms with van der Waals surface area (Å²) in [5.41, 5.74) is -5.03. The van der Waals surface area contributed by atoms with Gasteiger partial charge in [0.05, 0.1) is 24.8 Å². The number of esters is 1. The molecule has 4 nitrogen and oxygen atoms in total. The van der Waals surface area contributed by atoms with E-state index in [2.05, 4.69) is 4.74 Å². The number of thioether (sulfide) groups is 1. The molecule has 1 rings (SSSR count). The largest absolute Gasteiger partial charge is 0.465 e. The van der Waals surface area contributed by atoms with Crippen molar-refractivity contribution in [1.82, 2.24) is 0 Å². The molecule has 0 radical (unpaired) electrons. The Morgan fingerprint density at radius 1 is 1.53 bits per heavy atom. The number of halogens is 3. The van der Waals surface area contributed by atoms with E-state index in [1.54, 1.807) is 6.07 Å². The second-order valence-electron chi connectivity index (χ2n) is 3.31. The number of carbonyl (C=O) groups excluding carboxylic acids is 1. The molecular weight excluding hydrogens is 283 g/mol. The lowest BCUT2D eigenvalue weighted by atomic mass is 10.0. The molecule has 0 aliphatic heterocycles. The molecule has 1 N–H and O–H groups in total. The molecule has 0 unspecified atom stereocenters. The first-order valence-corrected chi connectivity index (χ1v) is 5.66. The maximum atomic E-state index is 12.3. The standard InChI is InChI=1S/C11H8F3NO3S/c1-18-10(17)8-2-6(4-15)9(3-7(8)5-16)19-11(12,13)14/h2-3,16H,5H2,1H3. The molecule has 1 aromatic rings. The van der Waals surface area contributed by atoms with E-state index in [0.29, 0.717) is 0 Å². The van der Waals surface area contributed by atoms with Crippen molar-refractivity contribution < 1.29 is 27.8 Å². The summed E-state index contributed by atoms with van der Waals surface area (Å²) in [4.78, 5) is 11.0. The van der Waals surface area contributed by atoms with Gasteiger partial charge in [-0.25, -0.2) is 4.79 Å². The van der Waals surface area contributed by atoms with Gasteiger partial charge in [-0.05, 0) is 29.5 Å². The minimum Gasteiger partial charge on any atom is -0.465 e. The van der Waals surface area contributed by atoms with Gasteiger partial charge in [-0.15, -0.1) is 0 Å². The average Bonchev–Trinajstić information content (AvgIpc) is 2.35. The molecule has 0 saturated heterocycles.